The number of nitrogen functional groups attached to an aromatic ring is 1. The predicted octanol–water partition coefficient (Wildman–Crippen LogP) is 1.01. The molecule has 1 rings (SSSR count). The lowest BCUT2D eigenvalue weighted by Crippen LogP contribution is -2.25. The number of esters is 1. The summed E-state index contributed by atoms with van der Waals surface area (Å²) in [6, 6.07) is 0. The quantitative estimate of drug-likeness (QED) is 0.677. The van der Waals surface area contributed by atoms with E-state index in [1.165, 1.54) is 12.4 Å². The van der Waals surface area contributed by atoms with Gasteiger partial charge in [0, 0.05) is 0 Å². The minimum atomic E-state index is -0.544. The van der Waals surface area contributed by atoms with Crippen molar-refractivity contribution < 1.29 is 9.53 Å². The number of ether oxygens (including phenoxy) is 1. The summed E-state index contributed by atoms with van der Waals surface area (Å²) < 4.78 is 5.06. The third-order valence-corrected chi connectivity index (χ3v) is 1.25. The second kappa shape index (κ2) is 3.61. The molecule has 0 atom stereocenters. The molecule has 1 heterocycles. The summed E-state index contributed by atoms with van der Waals surface area (Å²) in [6.07, 6.45) is 2.73. The van der Waals surface area contributed by atoms with E-state index in [1.54, 1.807) is 20.8 Å². The summed E-state index contributed by atoms with van der Waals surface area (Å²) in [7, 11) is 0. The fourth-order valence-corrected chi connectivity index (χ4v) is 0.767. The maximum atomic E-state index is 11.4. The number of nitrogens with two attached hydrogens (primary N) is 1. The molecular formula is C9H13N3O2. The van der Waals surface area contributed by atoms with Gasteiger partial charge >= 0.3 is 5.97 Å². The minimum Gasteiger partial charge on any atom is -0.454 e. The van der Waals surface area contributed by atoms with Crippen molar-refractivity contribution in [1.82, 2.24) is 9.97 Å². The lowest BCUT2D eigenvalue weighted by molar-refractivity contribution is 0.00556. The Morgan fingerprint density at radius 3 is 2.29 bits per heavy atom. The fraction of sp³-hybridized carbons (Fsp3) is 0.444. The van der Waals surface area contributed by atoms with Crippen LogP contribution in [-0.4, -0.2) is 21.5 Å². The third kappa shape index (κ3) is 3.01. The third-order valence-electron chi connectivity index (χ3n) is 1.25. The van der Waals surface area contributed by atoms with E-state index in [0.29, 0.717) is 5.69 Å². The largest absolute Gasteiger partial charge is 0.454 e. The topological polar surface area (TPSA) is 78.1 Å². The highest BCUT2D eigenvalue weighted by Gasteiger charge is 2.19. The lowest BCUT2D eigenvalue weighted by Gasteiger charge is -2.18. The molecule has 0 saturated heterocycles. The molecule has 0 unspecified atom stereocenters. The van der Waals surface area contributed by atoms with Gasteiger partial charge in [0.1, 0.15) is 5.60 Å². The average molecular weight is 195 g/mol. The molecule has 0 bridgehead atoms. The first kappa shape index (κ1) is 10.4. The molecule has 2 N–H and O–H groups in total. The van der Waals surface area contributed by atoms with E-state index >= 15 is 0 Å². The van der Waals surface area contributed by atoms with Crippen LogP contribution < -0.4 is 5.73 Å². The molecular weight excluding hydrogens is 182 g/mol. The van der Waals surface area contributed by atoms with E-state index < -0.39 is 11.6 Å². The van der Waals surface area contributed by atoms with Gasteiger partial charge in [0.05, 0.1) is 18.1 Å². The van der Waals surface area contributed by atoms with Crippen LogP contribution in [0.2, 0.25) is 0 Å². The number of carbonyl (C=O) groups excluding carboxylic acids is 1. The van der Waals surface area contributed by atoms with Crippen LogP contribution >= 0.6 is 0 Å². The highest BCUT2D eigenvalue weighted by molar-refractivity contribution is 5.85. The molecule has 0 aliphatic carbocycles. The van der Waals surface area contributed by atoms with Gasteiger partial charge < -0.3 is 10.5 Å². The zero-order valence-corrected chi connectivity index (χ0v) is 8.44. The molecule has 0 spiro atoms. The first-order chi connectivity index (χ1) is 6.38. The number of hydrogen-bond acceptors (Lipinski definition) is 5. The van der Waals surface area contributed by atoms with Crippen LogP contribution in [0.4, 0.5) is 5.69 Å². The molecule has 1 aromatic rings. The maximum absolute atomic E-state index is 11.4. The van der Waals surface area contributed by atoms with Gasteiger partial charge in [0.15, 0.2) is 0 Å². The SMILES string of the molecule is CC(C)(C)OC(=O)c1ncc(N)cn1. The predicted molar refractivity (Wildman–Crippen MR) is 51.6 cm³/mol. The van der Waals surface area contributed by atoms with Gasteiger partial charge in [-0.25, -0.2) is 14.8 Å². The number of nitrogens with zero attached hydrogens (tertiary/aromatic N) is 2. The van der Waals surface area contributed by atoms with Crippen molar-refractivity contribution >= 4 is 11.7 Å². The van der Waals surface area contributed by atoms with Crippen LogP contribution in [0.15, 0.2) is 12.4 Å². The summed E-state index contributed by atoms with van der Waals surface area (Å²) in [5.74, 6) is -0.522. The van der Waals surface area contributed by atoms with Crippen LogP contribution in [0.25, 0.3) is 0 Å². The Labute approximate surface area is 82.3 Å². The van der Waals surface area contributed by atoms with Crippen LogP contribution in [0.5, 0.6) is 0 Å². The molecule has 0 fully saturated rings. The van der Waals surface area contributed by atoms with Crippen molar-refractivity contribution in [3.05, 3.63) is 18.2 Å². The highest BCUT2D eigenvalue weighted by atomic mass is 16.6. The Morgan fingerprint density at radius 1 is 1.36 bits per heavy atom. The molecule has 14 heavy (non-hydrogen) atoms. The first-order valence-electron chi connectivity index (χ1n) is 4.19. The molecule has 0 aliphatic rings. The maximum Gasteiger partial charge on any atom is 0.376 e. The normalized spacial score (nSPS) is 11.1. The summed E-state index contributed by atoms with van der Waals surface area (Å²) >= 11 is 0. The molecule has 0 aromatic carbocycles. The zero-order chi connectivity index (χ0) is 10.8. The average Bonchev–Trinajstić information content (AvgIpc) is 2.02. The molecule has 0 saturated carbocycles. The summed E-state index contributed by atoms with van der Waals surface area (Å²) in [5, 5.41) is 0. The molecule has 0 aliphatic heterocycles. The highest BCUT2D eigenvalue weighted by Crippen LogP contribution is 2.09. The van der Waals surface area contributed by atoms with Gasteiger partial charge in [-0.2, -0.15) is 0 Å². The molecule has 1 aromatic heterocycles. The van der Waals surface area contributed by atoms with Gasteiger partial charge in [-0.05, 0) is 20.8 Å². The molecule has 5 nitrogen and oxygen atoms in total. The van der Waals surface area contributed by atoms with Crippen molar-refractivity contribution in [2.45, 2.75) is 26.4 Å². The number of rotatable bonds is 1. The van der Waals surface area contributed by atoms with E-state index in [-0.39, 0.29) is 5.82 Å². The number of hydrogen-bond donors (Lipinski definition) is 1. The summed E-state index contributed by atoms with van der Waals surface area (Å²) in [5.41, 5.74) is 5.25. The molecule has 0 radical (unpaired) electrons. The standard InChI is InChI=1S/C9H13N3O2/c1-9(2,3)14-8(13)7-11-4-6(10)5-12-7/h4-5H,10H2,1-3H3. The van der Waals surface area contributed by atoms with Gasteiger partial charge in [0.25, 0.3) is 0 Å². The van der Waals surface area contributed by atoms with Crippen LogP contribution in [0, 0.1) is 0 Å². The Hall–Kier alpha value is -1.65. The number of carbonyl (C=O) groups is 1. The van der Waals surface area contributed by atoms with Crippen LogP contribution in [0.3, 0.4) is 0 Å². The van der Waals surface area contributed by atoms with E-state index in [1.807, 2.05) is 0 Å². The Kier molecular flexibility index (Phi) is 2.69. The second-order valence-electron chi connectivity index (χ2n) is 3.84. The van der Waals surface area contributed by atoms with E-state index in [0.717, 1.165) is 0 Å². The first-order valence-corrected chi connectivity index (χ1v) is 4.19. The van der Waals surface area contributed by atoms with Crippen molar-refractivity contribution in [2.24, 2.45) is 0 Å². The fourth-order valence-electron chi connectivity index (χ4n) is 0.767. The minimum absolute atomic E-state index is 0.0223. The smallest absolute Gasteiger partial charge is 0.376 e. The van der Waals surface area contributed by atoms with Crippen molar-refractivity contribution in [3.63, 3.8) is 0 Å². The molecule has 76 valence electrons. The van der Waals surface area contributed by atoms with Crippen molar-refractivity contribution in [2.75, 3.05) is 5.73 Å². The van der Waals surface area contributed by atoms with Crippen molar-refractivity contribution in [3.8, 4) is 0 Å². The number of anilines is 1. The Morgan fingerprint density at radius 2 is 1.86 bits per heavy atom. The number of aromatic nitrogens is 2. The second-order valence-corrected chi connectivity index (χ2v) is 3.84. The van der Waals surface area contributed by atoms with Gasteiger partial charge in [0.2, 0.25) is 5.82 Å². The molecule has 5 heteroatoms. The van der Waals surface area contributed by atoms with E-state index in [9.17, 15) is 4.79 Å². The van der Waals surface area contributed by atoms with Gasteiger partial charge in [-0.15, -0.1) is 0 Å². The van der Waals surface area contributed by atoms with Gasteiger partial charge in [-0.3, -0.25) is 0 Å². The van der Waals surface area contributed by atoms with E-state index in [2.05, 4.69) is 9.97 Å². The zero-order valence-electron chi connectivity index (χ0n) is 8.44. The van der Waals surface area contributed by atoms with E-state index in [4.69, 9.17) is 10.5 Å². The monoisotopic (exact) mass is 195 g/mol. The van der Waals surface area contributed by atoms with Crippen molar-refractivity contribution in [1.29, 1.82) is 0 Å². The van der Waals surface area contributed by atoms with Gasteiger partial charge in [-0.1, -0.05) is 0 Å². The molecule has 0 amide bonds. The Balaban J connectivity index is 2.76. The van der Waals surface area contributed by atoms with Crippen LogP contribution in [0.1, 0.15) is 31.4 Å². The lowest BCUT2D eigenvalue weighted by atomic mass is 10.2. The summed E-state index contributed by atoms with van der Waals surface area (Å²) in [6.45, 7) is 5.34. The Bertz CT molecular complexity index is 327. The van der Waals surface area contributed by atoms with Crippen LogP contribution in [-0.2, 0) is 4.74 Å². The summed E-state index contributed by atoms with van der Waals surface area (Å²) in [4.78, 5) is 18.9.